The number of aliphatic carboxylic acids is 1. The van der Waals surface area contributed by atoms with Crippen LogP contribution in [0.1, 0.15) is 142 Å². The van der Waals surface area contributed by atoms with Crippen LogP contribution in [0.25, 0.3) is 0 Å². The molecular weight excluding hydrogens is 602 g/mol. The molecule has 2 aliphatic carbocycles. The number of unbranched alkanes of at least 4 members (excludes halogenated alkanes) is 6. The predicted octanol–water partition coefficient (Wildman–Crippen LogP) is 7.45. The van der Waals surface area contributed by atoms with Gasteiger partial charge in [-0.25, -0.2) is 4.98 Å². The van der Waals surface area contributed by atoms with E-state index in [1.807, 2.05) is 12.1 Å². The number of rotatable bonds is 24. The molecule has 1 aromatic heterocycles. The van der Waals surface area contributed by atoms with Gasteiger partial charge in [-0.15, -0.1) is 0 Å². The van der Waals surface area contributed by atoms with Gasteiger partial charge in [0.2, 0.25) is 0 Å². The Bertz CT molecular complexity index is 1080. The molecule has 0 unspecified atom stereocenters. The van der Waals surface area contributed by atoms with Crippen molar-refractivity contribution in [3.8, 4) is 0 Å². The average Bonchev–Trinajstić information content (AvgIpc) is 3.36. The number of carbonyl (C=O) groups is 1. The number of nitrogens with two attached hydrogens (primary N) is 1. The third-order valence-corrected chi connectivity index (χ3v) is 11.4. The summed E-state index contributed by atoms with van der Waals surface area (Å²) in [5, 5.41) is 47.2. The Morgan fingerprint density at radius 3 is 2.42 bits per heavy atom. The van der Waals surface area contributed by atoms with Gasteiger partial charge in [-0.1, -0.05) is 83.8 Å². The van der Waals surface area contributed by atoms with Gasteiger partial charge in [0.15, 0.2) is 0 Å². The molecule has 1 saturated carbocycles. The monoisotopic (exact) mass is 672 g/mol. The highest BCUT2D eigenvalue weighted by atomic mass is 16.4. The molecule has 0 saturated heterocycles. The second-order valence-electron chi connectivity index (χ2n) is 15.5. The van der Waals surface area contributed by atoms with Crippen LogP contribution in [0.3, 0.4) is 0 Å². The van der Waals surface area contributed by atoms with Crippen LogP contribution in [0.2, 0.25) is 0 Å². The van der Waals surface area contributed by atoms with Gasteiger partial charge in [-0.3, -0.25) is 4.79 Å². The molecule has 1 fully saturated rings. The average molecular weight is 672 g/mol. The summed E-state index contributed by atoms with van der Waals surface area (Å²) in [6, 6.07) is 4.32. The lowest BCUT2D eigenvalue weighted by Crippen LogP contribution is -2.34. The van der Waals surface area contributed by atoms with Crippen LogP contribution < -0.4 is 11.1 Å². The van der Waals surface area contributed by atoms with E-state index in [1.165, 1.54) is 38.5 Å². The molecule has 1 aromatic rings. The van der Waals surface area contributed by atoms with Crippen molar-refractivity contribution < 1.29 is 25.2 Å². The first-order valence-corrected chi connectivity index (χ1v) is 19.5. The number of pyridine rings is 1. The molecule has 7 N–H and O–H groups in total. The maximum atomic E-state index is 12.2. The van der Waals surface area contributed by atoms with E-state index in [0.717, 1.165) is 63.5 Å². The molecule has 9 atom stereocenters. The van der Waals surface area contributed by atoms with Crippen molar-refractivity contribution in [2.75, 3.05) is 12.3 Å². The minimum absolute atomic E-state index is 0.184. The second-order valence-corrected chi connectivity index (χ2v) is 15.5. The van der Waals surface area contributed by atoms with Gasteiger partial charge in [0.1, 0.15) is 5.82 Å². The lowest BCUT2D eigenvalue weighted by molar-refractivity contribution is -0.146. The van der Waals surface area contributed by atoms with Gasteiger partial charge >= 0.3 is 5.97 Å². The van der Waals surface area contributed by atoms with Crippen LogP contribution in [0.4, 0.5) is 5.82 Å². The van der Waals surface area contributed by atoms with Crippen LogP contribution in [0.15, 0.2) is 30.5 Å². The first-order chi connectivity index (χ1) is 23.0. The molecule has 0 amide bonds. The number of aromatic nitrogens is 1. The van der Waals surface area contributed by atoms with E-state index >= 15 is 0 Å². The number of nitrogens with zero attached hydrogens (tertiary/aromatic N) is 1. The number of carboxylic acid groups (broad SMARTS) is 1. The van der Waals surface area contributed by atoms with Crippen LogP contribution >= 0.6 is 0 Å². The zero-order valence-corrected chi connectivity index (χ0v) is 30.4. The maximum absolute atomic E-state index is 12.2. The lowest BCUT2D eigenvalue weighted by atomic mass is 9.81. The molecule has 0 radical (unpaired) electrons. The highest BCUT2D eigenvalue weighted by Crippen LogP contribution is 2.44. The van der Waals surface area contributed by atoms with Gasteiger partial charge in [0, 0.05) is 18.2 Å². The van der Waals surface area contributed by atoms with E-state index in [0.29, 0.717) is 43.5 Å². The molecule has 8 heteroatoms. The fourth-order valence-electron chi connectivity index (χ4n) is 8.32. The number of nitrogens with one attached hydrogen (secondary N) is 1. The molecular formula is C40H69N3O5. The third kappa shape index (κ3) is 14.1. The summed E-state index contributed by atoms with van der Waals surface area (Å²) < 4.78 is 0. The quantitative estimate of drug-likeness (QED) is 0.0490. The van der Waals surface area contributed by atoms with E-state index in [2.05, 4.69) is 43.2 Å². The molecule has 0 spiro atoms. The normalized spacial score (nSPS) is 27.6. The minimum Gasteiger partial charge on any atom is -0.481 e. The Hall–Kier alpha value is -2.00. The third-order valence-electron chi connectivity index (χ3n) is 11.4. The zero-order valence-electron chi connectivity index (χ0n) is 30.4. The molecule has 3 rings (SSSR count). The Labute approximate surface area is 291 Å². The summed E-state index contributed by atoms with van der Waals surface area (Å²) in [7, 11) is 0. The largest absolute Gasteiger partial charge is 0.481 e. The van der Waals surface area contributed by atoms with Crippen molar-refractivity contribution in [1.82, 2.24) is 10.3 Å². The number of aliphatic hydroxyl groups excluding tert-OH is 2. The van der Waals surface area contributed by atoms with E-state index in [-0.39, 0.29) is 30.3 Å². The fourth-order valence-corrected chi connectivity index (χ4v) is 8.32. The SMILES string of the molecule is CCCCC[C@@H]1C=C[C@@H](CCCCC[C@@H](C(=O)O)[C@@H](O)CC[C@@]2(O)C[C@@H](CN[C@@H](C)CCCCC)[C@H](Cc3ccnc(N)c3)C2)[C@H](O)C1. The number of hydrogen-bond acceptors (Lipinski definition) is 7. The summed E-state index contributed by atoms with van der Waals surface area (Å²) in [5.41, 5.74) is 6.14. The summed E-state index contributed by atoms with van der Waals surface area (Å²) in [5.74, 6) is -0.106. The van der Waals surface area contributed by atoms with Crippen LogP contribution in [-0.2, 0) is 11.2 Å². The van der Waals surface area contributed by atoms with Gasteiger partial charge in [-0.05, 0) is 113 Å². The van der Waals surface area contributed by atoms with Crippen molar-refractivity contribution in [3.05, 3.63) is 36.0 Å². The molecule has 48 heavy (non-hydrogen) atoms. The van der Waals surface area contributed by atoms with E-state index in [9.17, 15) is 25.2 Å². The summed E-state index contributed by atoms with van der Waals surface area (Å²) in [6.45, 7) is 7.49. The summed E-state index contributed by atoms with van der Waals surface area (Å²) in [4.78, 5) is 16.3. The predicted molar refractivity (Wildman–Crippen MR) is 195 cm³/mol. The van der Waals surface area contributed by atoms with E-state index < -0.39 is 23.6 Å². The van der Waals surface area contributed by atoms with Crippen molar-refractivity contribution in [2.24, 2.45) is 29.6 Å². The number of allylic oxidation sites excluding steroid dienone is 1. The zero-order chi connectivity index (χ0) is 34.9. The summed E-state index contributed by atoms with van der Waals surface area (Å²) in [6.07, 6.45) is 22.0. The Morgan fingerprint density at radius 2 is 1.71 bits per heavy atom. The second kappa shape index (κ2) is 21.3. The van der Waals surface area contributed by atoms with Gasteiger partial charge in [0.25, 0.3) is 0 Å². The fraction of sp³-hybridized carbons (Fsp3) is 0.800. The van der Waals surface area contributed by atoms with E-state index in [1.54, 1.807) is 6.20 Å². The summed E-state index contributed by atoms with van der Waals surface area (Å²) >= 11 is 0. The Kier molecular flexibility index (Phi) is 17.9. The van der Waals surface area contributed by atoms with E-state index in [4.69, 9.17) is 5.73 Å². The van der Waals surface area contributed by atoms with Gasteiger partial charge < -0.3 is 31.5 Å². The minimum atomic E-state index is -0.992. The topological polar surface area (TPSA) is 149 Å². The molecule has 1 heterocycles. The number of nitrogen functional groups attached to an aromatic ring is 1. The molecule has 8 nitrogen and oxygen atoms in total. The molecule has 0 aliphatic heterocycles. The molecule has 0 bridgehead atoms. The van der Waals surface area contributed by atoms with Crippen molar-refractivity contribution in [3.63, 3.8) is 0 Å². The first-order valence-electron chi connectivity index (χ1n) is 19.5. The standard InChI is InChI=1S/C40H69N3O5/c1-4-6-9-13-29(3)43-28-34-27-40(48,26-33(34)23-31-20-22-42-38(41)25-31)21-19-36(44)35(39(46)47)16-12-8-11-15-32-18-17-30(24-37(32)45)14-10-7-5-2/h17-18,20,22,25,29-30,32-37,43-45,48H,4-16,19,21,23-24,26-28H2,1-3H3,(H2,41,42)(H,46,47)/t29-,30+,32+,33+,34-,35+,36-,37+,40-/m0/s1. The molecule has 2 aliphatic rings. The smallest absolute Gasteiger partial charge is 0.309 e. The first kappa shape index (κ1) is 40.4. The Morgan fingerprint density at radius 1 is 1.00 bits per heavy atom. The number of hydrogen-bond donors (Lipinski definition) is 6. The number of carboxylic acids is 1. The number of anilines is 1. The highest BCUT2D eigenvalue weighted by molar-refractivity contribution is 5.70. The maximum Gasteiger partial charge on any atom is 0.309 e. The van der Waals surface area contributed by atoms with Crippen molar-refractivity contribution in [2.45, 2.75) is 167 Å². The van der Waals surface area contributed by atoms with Crippen LogP contribution in [0, 0.1) is 29.6 Å². The van der Waals surface area contributed by atoms with Crippen molar-refractivity contribution in [1.29, 1.82) is 0 Å². The molecule has 274 valence electrons. The van der Waals surface area contributed by atoms with Crippen LogP contribution in [-0.4, -0.2) is 61.8 Å². The van der Waals surface area contributed by atoms with Crippen molar-refractivity contribution >= 4 is 11.8 Å². The Balaban J connectivity index is 1.47. The number of aliphatic hydroxyl groups is 3. The highest BCUT2D eigenvalue weighted by Gasteiger charge is 2.44. The van der Waals surface area contributed by atoms with Gasteiger partial charge in [0.05, 0.1) is 23.7 Å². The molecule has 0 aromatic carbocycles. The van der Waals surface area contributed by atoms with Crippen LogP contribution in [0.5, 0.6) is 0 Å². The van der Waals surface area contributed by atoms with Gasteiger partial charge in [-0.2, -0.15) is 0 Å². The lowest BCUT2D eigenvalue weighted by Gasteiger charge is -2.28.